The topological polar surface area (TPSA) is 60.2 Å². The molecular weight excluding hydrogens is 273 g/mol. The smallest absolute Gasteiger partial charge is 0.145 e. The average molecular weight is 293 g/mol. The summed E-state index contributed by atoms with van der Waals surface area (Å²) < 4.78 is 23.8. The van der Waals surface area contributed by atoms with E-state index in [2.05, 4.69) is 41.0 Å². The Hall–Kier alpha value is -1.95. The molecule has 0 bridgehead atoms. The standard InChI is InChI=1S/C15H20FN3O2/c1-10-14(19-21-18-10)9-20-13-6-11(5-12(16)7-13)8-17-15(2,3)4/h5-7,17H,8-9H2,1-4H3. The first-order chi connectivity index (χ1) is 9.83. The molecule has 0 amide bonds. The van der Waals surface area contributed by atoms with Crippen molar-refractivity contribution < 1.29 is 13.8 Å². The van der Waals surface area contributed by atoms with E-state index in [1.807, 2.05) is 6.07 Å². The fraction of sp³-hybridized carbons (Fsp3) is 0.467. The van der Waals surface area contributed by atoms with Crippen LogP contribution >= 0.6 is 0 Å². The molecule has 0 radical (unpaired) electrons. The van der Waals surface area contributed by atoms with Crippen LogP contribution in [0.4, 0.5) is 4.39 Å². The van der Waals surface area contributed by atoms with Gasteiger partial charge in [-0.15, -0.1) is 0 Å². The highest BCUT2D eigenvalue weighted by Gasteiger charge is 2.11. The van der Waals surface area contributed by atoms with Gasteiger partial charge in [0.15, 0.2) is 0 Å². The quantitative estimate of drug-likeness (QED) is 0.918. The second-order valence-corrected chi connectivity index (χ2v) is 5.98. The third-order valence-corrected chi connectivity index (χ3v) is 2.88. The minimum Gasteiger partial charge on any atom is -0.487 e. The number of rotatable bonds is 5. The van der Waals surface area contributed by atoms with Gasteiger partial charge in [-0.05, 0) is 45.4 Å². The summed E-state index contributed by atoms with van der Waals surface area (Å²) in [7, 11) is 0. The molecule has 6 heteroatoms. The van der Waals surface area contributed by atoms with E-state index in [1.54, 1.807) is 6.92 Å². The molecule has 2 aromatic rings. The van der Waals surface area contributed by atoms with Gasteiger partial charge >= 0.3 is 0 Å². The zero-order valence-electron chi connectivity index (χ0n) is 12.7. The highest BCUT2D eigenvalue weighted by Crippen LogP contribution is 2.18. The van der Waals surface area contributed by atoms with Gasteiger partial charge < -0.3 is 10.1 Å². The molecule has 0 saturated carbocycles. The van der Waals surface area contributed by atoms with Crippen LogP contribution in [0, 0.1) is 12.7 Å². The number of nitrogens with one attached hydrogen (secondary N) is 1. The Bertz CT molecular complexity index is 605. The summed E-state index contributed by atoms with van der Waals surface area (Å²) in [5, 5.41) is 10.7. The van der Waals surface area contributed by atoms with Gasteiger partial charge in [0.25, 0.3) is 0 Å². The molecule has 1 heterocycles. The van der Waals surface area contributed by atoms with Gasteiger partial charge in [-0.3, -0.25) is 0 Å². The van der Waals surface area contributed by atoms with E-state index in [9.17, 15) is 4.39 Å². The van der Waals surface area contributed by atoms with Crippen molar-refractivity contribution in [2.75, 3.05) is 0 Å². The van der Waals surface area contributed by atoms with E-state index < -0.39 is 0 Å². The summed E-state index contributed by atoms with van der Waals surface area (Å²) in [6.07, 6.45) is 0. The molecule has 1 N–H and O–H groups in total. The molecule has 0 atom stereocenters. The van der Waals surface area contributed by atoms with Crippen LogP contribution in [0.2, 0.25) is 0 Å². The lowest BCUT2D eigenvalue weighted by atomic mass is 10.1. The maximum Gasteiger partial charge on any atom is 0.145 e. The summed E-state index contributed by atoms with van der Waals surface area (Å²) in [4.78, 5) is 0. The molecular formula is C15H20FN3O2. The Morgan fingerprint density at radius 1 is 1.24 bits per heavy atom. The second kappa shape index (κ2) is 6.22. The number of halogens is 1. The number of hydrogen-bond acceptors (Lipinski definition) is 5. The van der Waals surface area contributed by atoms with Gasteiger partial charge in [0, 0.05) is 18.2 Å². The lowest BCUT2D eigenvalue weighted by Gasteiger charge is -2.20. The molecule has 2 rings (SSSR count). The van der Waals surface area contributed by atoms with Crippen LogP contribution < -0.4 is 10.1 Å². The first-order valence-corrected chi connectivity index (χ1v) is 6.79. The first kappa shape index (κ1) is 15.4. The van der Waals surface area contributed by atoms with Crippen LogP contribution in [0.3, 0.4) is 0 Å². The number of aryl methyl sites for hydroxylation is 1. The molecule has 0 aliphatic rings. The molecule has 0 spiro atoms. The third kappa shape index (κ3) is 4.82. The fourth-order valence-electron chi connectivity index (χ4n) is 1.71. The van der Waals surface area contributed by atoms with Crippen LogP contribution in [-0.2, 0) is 13.2 Å². The van der Waals surface area contributed by atoms with Gasteiger partial charge in [-0.2, -0.15) is 0 Å². The Morgan fingerprint density at radius 3 is 2.62 bits per heavy atom. The summed E-state index contributed by atoms with van der Waals surface area (Å²) in [6, 6.07) is 4.66. The molecule has 1 aromatic heterocycles. The van der Waals surface area contributed by atoms with Gasteiger partial charge in [0.05, 0.1) is 0 Å². The molecule has 114 valence electrons. The zero-order valence-corrected chi connectivity index (χ0v) is 12.7. The molecule has 0 saturated heterocycles. The van der Waals surface area contributed by atoms with E-state index in [-0.39, 0.29) is 18.0 Å². The van der Waals surface area contributed by atoms with Crippen molar-refractivity contribution >= 4 is 0 Å². The van der Waals surface area contributed by atoms with Crippen molar-refractivity contribution in [3.05, 3.63) is 41.0 Å². The summed E-state index contributed by atoms with van der Waals surface area (Å²) in [5.74, 6) is 0.135. The highest BCUT2D eigenvalue weighted by molar-refractivity contribution is 5.30. The normalized spacial score (nSPS) is 11.7. The molecule has 0 fully saturated rings. The van der Waals surface area contributed by atoms with Gasteiger partial charge in [-0.1, -0.05) is 10.3 Å². The van der Waals surface area contributed by atoms with E-state index in [1.165, 1.54) is 12.1 Å². The Morgan fingerprint density at radius 2 is 2.00 bits per heavy atom. The fourth-order valence-corrected chi connectivity index (χ4v) is 1.71. The number of benzene rings is 1. The largest absolute Gasteiger partial charge is 0.487 e. The van der Waals surface area contributed by atoms with Crippen molar-refractivity contribution in [2.45, 2.75) is 46.4 Å². The second-order valence-electron chi connectivity index (χ2n) is 5.98. The predicted molar refractivity (Wildman–Crippen MR) is 76.4 cm³/mol. The van der Waals surface area contributed by atoms with Gasteiger partial charge in [-0.25, -0.2) is 9.02 Å². The Balaban J connectivity index is 2.03. The number of nitrogens with zero attached hydrogens (tertiary/aromatic N) is 2. The van der Waals surface area contributed by atoms with Gasteiger partial charge in [0.2, 0.25) is 0 Å². The monoisotopic (exact) mass is 293 g/mol. The third-order valence-electron chi connectivity index (χ3n) is 2.88. The number of hydrogen-bond donors (Lipinski definition) is 1. The lowest BCUT2D eigenvalue weighted by molar-refractivity contribution is 0.269. The van der Waals surface area contributed by atoms with Crippen molar-refractivity contribution in [2.24, 2.45) is 0 Å². The lowest BCUT2D eigenvalue weighted by Crippen LogP contribution is -2.35. The molecule has 21 heavy (non-hydrogen) atoms. The Labute approximate surface area is 123 Å². The van der Waals surface area contributed by atoms with Crippen LogP contribution in [0.5, 0.6) is 5.75 Å². The van der Waals surface area contributed by atoms with Crippen LogP contribution in [0.1, 0.15) is 37.7 Å². The minimum absolute atomic E-state index is 0.0309. The molecule has 0 unspecified atom stereocenters. The predicted octanol–water partition coefficient (Wildman–Crippen LogP) is 2.98. The summed E-state index contributed by atoms with van der Waals surface area (Å²) in [5.41, 5.74) is 2.07. The molecule has 1 aromatic carbocycles. The van der Waals surface area contributed by atoms with E-state index in [0.717, 1.165) is 5.56 Å². The van der Waals surface area contributed by atoms with Crippen molar-refractivity contribution in [3.8, 4) is 5.75 Å². The maximum absolute atomic E-state index is 13.6. The van der Waals surface area contributed by atoms with E-state index in [4.69, 9.17) is 4.74 Å². The van der Waals surface area contributed by atoms with E-state index in [0.29, 0.717) is 23.7 Å². The van der Waals surface area contributed by atoms with Gasteiger partial charge in [0.1, 0.15) is 29.6 Å². The number of ether oxygens (including phenoxy) is 1. The minimum atomic E-state index is -0.326. The maximum atomic E-state index is 13.6. The molecule has 0 aliphatic carbocycles. The molecule has 0 aliphatic heterocycles. The summed E-state index contributed by atoms with van der Waals surface area (Å²) in [6.45, 7) is 8.73. The first-order valence-electron chi connectivity index (χ1n) is 6.79. The SMILES string of the molecule is Cc1nonc1COc1cc(F)cc(CNC(C)(C)C)c1. The van der Waals surface area contributed by atoms with Crippen molar-refractivity contribution in [3.63, 3.8) is 0 Å². The Kier molecular flexibility index (Phi) is 4.57. The number of aromatic nitrogens is 2. The van der Waals surface area contributed by atoms with Crippen molar-refractivity contribution in [1.29, 1.82) is 0 Å². The average Bonchev–Trinajstić information content (AvgIpc) is 2.78. The highest BCUT2D eigenvalue weighted by atomic mass is 19.1. The van der Waals surface area contributed by atoms with Crippen LogP contribution in [0.25, 0.3) is 0 Å². The van der Waals surface area contributed by atoms with Crippen LogP contribution in [-0.4, -0.2) is 15.9 Å². The van der Waals surface area contributed by atoms with Crippen molar-refractivity contribution in [1.82, 2.24) is 15.6 Å². The molecule has 5 nitrogen and oxygen atoms in total. The summed E-state index contributed by atoms with van der Waals surface area (Å²) >= 11 is 0. The van der Waals surface area contributed by atoms with E-state index >= 15 is 0 Å². The van der Waals surface area contributed by atoms with Crippen LogP contribution in [0.15, 0.2) is 22.8 Å². The zero-order chi connectivity index (χ0) is 15.5.